The van der Waals surface area contributed by atoms with Crippen molar-refractivity contribution in [1.29, 1.82) is 0 Å². The number of likely N-dealkylation sites (N-methyl/N-ethyl adjacent to an activating group) is 1. The Bertz CT molecular complexity index is 464. The van der Waals surface area contributed by atoms with E-state index in [1.165, 1.54) is 0 Å². The van der Waals surface area contributed by atoms with Gasteiger partial charge >= 0.3 is 0 Å². The van der Waals surface area contributed by atoms with E-state index in [1.54, 1.807) is 0 Å². The van der Waals surface area contributed by atoms with Crippen LogP contribution in [0.5, 0.6) is 0 Å². The van der Waals surface area contributed by atoms with Crippen molar-refractivity contribution in [3.05, 3.63) is 32.7 Å². The minimum atomic E-state index is 0.106. The summed E-state index contributed by atoms with van der Waals surface area (Å²) in [6.07, 6.45) is 0. The quantitative estimate of drug-likeness (QED) is 0.753. The van der Waals surface area contributed by atoms with Crippen molar-refractivity contribution < 1.29 is 4.79 Å². The van der Waals surface area contributed by atoms with E-state index < -0.39 is 0 Å². The van der Waals surface area contributed by atoms with E-state index >= 15 is 0 Å². The fourth-order valence-corrected chi connectivity index (χ4v) is 3.28. The maximum atomic E-state index is 12.4. The second kappa shape index (κ2) is 5.72. The Kier molecular flexibility index (Phi) is 4.45. The normalized spacial score (nSPS) is 21.1. The molecule has 1 atom stereocenters. The van der Waals surface area contributed by atoms with Gasteiger partial charge in [-0.25, -0.2) is 0 Å². The highest BCUT2D eigenvalue weighted by molar-refractivity contribution is 9.11. The van der Waals surface area contributed by atoms with Crippen LogP contribution in [-0.4, -0.2) is 48.4 Å². The molecule has 1 aromatic carbocycles. The van der Waals surface area contributed by atoms with Gasteiger partial charge in [-0.15, -0.1) is 0 Å². The number of hydrogen-bond donors (Lipinski definition) is 0. The van der Waals surface area contributed by atoms with Gasteiger partial charge in [-0.2, -0.15) is 0 Å². The average molecular weight is 376 g/mol. The number of halogens is 2. The number of piperazine rings is 1. The Labute approximate surface area is 124 Å². The summed E-state index contributed by atoms with van der Waals surface area (Å²) in [4.78, 5) is 16.7. The molecule has 1 fully saturated rings. The van der Waals surface area contributed by atoms with Crippen LogP contribution in [-0.2, 0) is 0 Å². The summed E-state index contributed by atoms with van der Waals surface area (Å²) < 4.78 is 1.81. The van der Waals surface area contributed by atoms with Gasteiger partial charge in [0.1, 0.15) is 0 Å². The molecule has 0 N–H and O–H groups in total. The van der Waals surface area contributed by atoms with Crippen LogP contribution in [0.3, 0.4) is 0 Å². The SMILES string of the molecule is CC1CN(C(=O)c2ccc(Br)cc2Br)CCN1C. The Balaban J connectivity index is 2.16. The zero-order valence-electron chi connectivity index (χ0n) is 10.5. The molecule has 98 valence electrons. The van der Waals surface area contributed by atoms with Crippen LogP contribution in [0.2, 0.25) is 0 Å². The molecule has 0 aromatic heterocycles. The number of rotatable bonds is 1. The first kappa shape index (κ1) is 14.0. The van der Waals surface area contributed by atoms with Crippen LogP contribution in [0.15, 0.2) is 27.1 Å². The Morgan fingerprint density at radius 2 is 2.06 bits per heavy atom. The number of hydrogen-bond acceptors (Lipinski definition) is 2. The van der Waals surface area contributed by atoms with Gasteiger partial charge in [0.25, 0.3) is 5.91 Å². The van der Waals surface area contributed by atoms with Crippen molar-refractivity contribution in [2.45, 2.75) is 13.0 Å². The van der Waals surface area contributed by atoms with E-state index in [9.17, 15) is 4.79 Å². The molecule has 3 nitrogen and oxygen atoms in total. The highest BCUT2D eigenvalue weighted by atomic mass is 79.9. The summed E-state index contributed by atoms with van der Waals surface area (Å²) in [6.45, 7) is 4.66. The van der Waals surface area contributed by atoms with Gasteiger partial charge in [0.2, 0.25) is 0 Å². The lowest BCUT2D eigenvalue weighted by atomic mass is 10.1. The molecule has 0 aliphatic carbocycles. The van der Waals surface area contributed by atoms with Crippen molar-refractivity contribution in [1.82, 2.24) is 9.80 Å². The fourth-order valence-electron chi connectivity index (χ4n) is 2.07. The molecule has 2 rings (SSSR count). The largest absolute Gasteiger partial charge is 0.336 e. The van der Waals surface area contributed by atoms with Gasteiger partial charge in [0.05, 0.1) is 5.56 Å². The molecule has 0 spiro atoms. The van der Waals surface area contributed by atoms with Gasteiger partial charge < -0.3 is 9.80 Å². The number of nitrogens with zero attached hydrogens (tertiary/aromatic N) is 2. The molecule has 1 amide bonds. The summed E-state index contributed by atoms with van der Waals surface area (Å²) in [5.41, 5.74) is 0.731. The van der Waals surface area contributed by atoms with E-state index in [0.717, 1.165) is 34.1 Å². The van der Waals surface area contributed by atoms with Crippen molar-refractivity contribution in [3.63, 3.8) is 0 Å². The van der Waals surface area contributed by atoms with Crippen LogP contribution in [0.1, 0.15) is 17.3 Å². The third kappa shape index (κ3) is 2.95. The summed E-state index contributed by atoms with van der Waals surface area (Å²) in [5, 5.41) is 0. The molecule has 1 saturated heterocycles. The molecule has 0 radical (unpaired) electrons. The van der Waals surface area contributed by atoms with Crippen molar-refractivity contribution >= 4 is 37.8 Å². The lowest BCUT2D eigenvalue weighted by molar-refractivity contribution is 0.0571. The maximum absolute atomic E-state index is 12.4. The molecule has 18 heavy (non-hydrogen) atoms. The third-order valence-electron chi connectivity index (χ3n) is 3.41. The molecule has 1 aliphatic rings. The topological polar surface area (TPSA) is 23.6 Å². The first-order valence-electron chi connectivity index (χ1n) is 5.93. The van der Waals surface area contributed by atoms with Crippen LogP contribution in [0.4, 0.5) is 0 Å². The number of amides is 1. The number of carbonyl (C=O) groups is 1. The van der Waals surface area contributed by atoms with E-state index in [2.05, 4.69) is 50.7 Å². The van der Waals surface area contributed by atoms with E-state index in [1.807, 2.05) is 23.1 Å². The van der Waals surface area contributed by atoms with E-state index in [0.29, 0.717) is 6.04 Å². The van der Waals surface area contributed by atoms with Crippen molar-refractivity contribution in [3.8, 4) is 0 Å². The zero-order chi connectivity index (χ0) is 13.3. The zero-order valence-corrected chi connectivity index (χ0v) is 13.7. The summed E-state index contributed by atoms with van der Waals surface area (Å²) in [7, 11) is 2.10. The first-order chi connectivity index (χ1) is 8.49. The van der Waals surface area contributed by atoms with Crippen LogP contribution in [0.25, 0.3) is 0 Å². The fraction of sp³-hybridized carbons (Fsp3) is 0.462. The molecule has 1 heterocycles. The molecule has 5 heteroatoms. The van der Waals surface area contributed by atoms with Gasteiger partial charge in [-0.1, -0.05) is 15.9 Å². The molecular weight excluding hydrogens is 360 g/mol. The molecule has 1 aliphatic heterocycles. The molecule has 1 unspecified atom stereocenters. The Morgan fingerprint density at radius 1 is 1.33 bits per heavy atom. The lowest BCUT2D eigenvalue weighted by Crippen LogP contribution is -2.52. The molecular formula is C13H16Br2N2O. The molecule has 0 bridgehead atoms. The van der Waals surface area contributed by atoms with Crippen LogP contribution in [0, 0.1) is 0 Å². The minimum absolute atomic E-state index is 0.106. The van der Waals surface area contributed by atoms with Crippen LogP contribution < -0.4 is 0 Å². The smallest absolute Gasteiger partial charge is 0.255 e. The Hall–Kier alpha value is -0.390. The standard InChI is InChI=1S/C13H16Br2N2O/c1-9-8-17(6-5-16(9)2)13(18)11-4-3-10(14)7-12(11)15/h3-4,7,9H,5-6,8H2,1-2H3. The second-order valence-corrected chi connectivity index (χ2v) is 6.47. The average Bonchev–Trinajstić information content (AvgIpc) is 2.32. The Morgan fingerprint density at radius 3 is 2.67 bits per heavy atom. The predicted molar refractivity (Wildman–Crippen MR) is 79.8 cm³/mol. The number of benzene rings is 1. The van der Waals surface area contributed by atoms with Crippen molar-refractivity contribution in [2.24, 2.45) is 0 Å². The monoisotopic (exact) mass is 374 g/mol. The predicted octanol–water partition coefficient (Wildman–Crippen LogP) is 2.99. The third-order valence-corrected chi connectivity index (χ3v) is 4.56. The van der Waals surface area contributed by atoms with Gasteiger partial charge in [0.15, 0.2) is 0 Å². The molecule has 1 aromatic rings. The molecule has 0 saturated carbocycles. The highest BCUT2D eigenvalue weighted by Crippen LogP contribution is 2.24. The van der Waals surface area contributed by atoms with E-state index in [-0.39, 0.29) is 5.91 Å². The van der Waals surface area contributed by atoms with Gasteiger partial charge in [-0.3, -0.25) is 4.79 Å². The van der Waals surface area contributed by atoms with Gasteiger partial charge in [-0.05, 0) is 48.1 Å². The summed E-state index contributed by atoms with van der Waals surface area (Å²) >= 11 is 6.85. The summed E-state index contributed by atoms with van der Waals surface area (Å²) in [5.74, 6) is 0.106. The maximum Gasteiger partial charge on any atom is 0.255 e. The second-order valence-electron chi connectivity index (χ2n) is 4.70. The van der Waals surface area contributed by atoms with Crippen molar-refractivity contribution in [2.75, 3.05) is 26.7 Å². The van der Waals surface area contributed by atoms with E-state index in [4.69, 9.17) is 0 Å². The summed E-state index contributed by atoms with van der Waals surface area (Å²) in [6, 6.07) is 6.08. The minimum Gasteiger partial charge on any atom is -0.336 e. The first-order valence-corrected chi connectivity index (χ1v) is 7.52. The van der Waals surface area contributed by atoms with Crippen LogP contribution >= 0.6 is 31.9 Å². The highest BCUT2D eigenvalue weighted by Gasteiger charge is 2.25. The van der Waals surface area contributed by atoms with Gasteiger partial charge in [0, 0.05) is 34.6 Å². The lowest BCUT2D eigenvalue weighted by Gasteiger charge is -2.37. The number of carbonyl (C=O) groups excluding carboxylic acids is 1.